The maximum atomic E-state index is 12.9. The summed E-state index contributed by atoms with van der Waals surface area (Å²) in [4.78, 5) is 38.3. The molecule has 1 atom stereocenters. The van der Waals surface area contributed by atoms with Crippen LogP contribution in [0.3, 0.4) is 0 Å². The summed E-state index contributed by atoms with van der Waals surface area (Å²) in [5.41, 5.74) is 0. The van der Waals surface area contributed by atoms with E-state index in [4.69, 9.17) is 14.2 Å². The number of esters is 3. The van der Waals surface area contributed by atoms with Gasteiger partial charge in [0.05, 0.1) is 0 Å². The predicted molar refractivity (Wildman–Crippen MR) is 321 cm³/mol. The van der Waals surface area contributed by atoms with Crippen LogP contribution in [-0.2, 0) is 28.6 Å². The summed E-state index contributed by atoms with van der Waals surface area (Å²) in [5.74, 6) is -0.902. The monoisotopic (exact) mass is 1030 g/mol. The lowest BCUT2D eigenvalue weighted by Crippen LogP contribution is -2.30. The maximum Gasteiger partial charge on any atom is 0.306 e. The second kappa shape index (κ2) is 62.1. The number of allylic oxidation sites excluding steroid dienone is 14. The highest BCUT2D eigenvalue weighted by Crippen LogP contribution is 2.16. The van der Waals surface area contributed by atoms with E-state index in [2.05, 4.69) is 106 Å². The fourth-order valence-corrected chi connectivity index (χ4v) is 8.87. The van der Waals surface area contributed by atoms with Gasteiger partial charge in [-0.25, -0.2) is 0 Å². The molecule has 0 saturated carbocycles. The number of hydrogen-bond acceptors (Lipinski definition) is 6. The van der Waals surface area contributed by atoms with Gasteiger partial charge in [0.25, 0.3) is 0 Å². The van der Waals surface area contributed by atoms with Crippen LogP contribution in [0.4, 0.5) is 0 Å². The number of rotatable bonds is 57. The third kappa shape index (κ3) is 59.5. The van der Waals surface area contributed by atoms with E-state index in [1.165, 1.54) is 161 Å². The number of ether oxygens (including phenoxy) is 3. The number of carbonyl (C=O) groups is 3. The van der Waals surface area contributed by atoms with E-state index in [1.807, 2.05) is 0 Å². The highest BCUT2D eigenvalue weighted by atomic mass is 16.6. The minimum Gasteiger partial charge on any atom is -0.462 e. The summed E-state index contributed by atoms with van der Waals surface area (Å²) in [7, 11) is 0. The molecular formula is C68H118O6. The van der Waals surface area contributed by atoms with Crippen molar-refractivity contribution in [3.05, 3.63) is 85.1 Å². The van der Waals surface area contributed by atoms with Gasteiger partial charge in [-0.05, 0) is 116 Å². The summed E-state index contributed by atoms with van der Waals surface area (Å²) in [6.45, 7) is 6.52. The van der Waals surface area contributed by atoms with Gasteiger partial charge in [0.1, 0.15) is 13.2 Å². The van der Waals surface area contributed by atoms with Gasteiger partial charge in [0, 0.05) is 19.3 Å². The predicted octanol–water partition coefficient (Wildman–Crippen LogP) is 21.5. The molecule has 6 nitrogen and oxygen atoms in total. The Hall–Kier alpha value is -3.41. The number of hydrogen-bond donors (Lipinski definition) is 0. The van der Waals surface area contributed by atoms with Crippen LogP contribution in [0, 0.1) is 0 Å². The van der Waals surface area contributed by atoms with Crippen LogP contribution in [0.2, 0.25) is 0 Å². The third-order valence-electron chi connectivity index (χ3n) is 13.6. The molecule has 0 bridgehead atoms. The van der Waals surface area contributed by atoms with Crippen LogP contribution in [0.5, 0.6) is 0 Å². The van der Waals surface area contributed by atoms with Gasteiger partial charge < -0.3 is 14.2 Å². The van der Waals surface area contributed by atoms with Crippen LogP contribution in [0.15, 0.2) is 85.1 Å². The second-order valence-electron chi connectivity index (χ2n) is 20.9. The molecule has 0 aromatic heterocycles. The van der Waals surface area contributed by atoms with Crippen molar-refractivity contribution in [1.82, 2.24) is 0 Å². The molecule has 0 aliphatic heterocycles. The van der Waals surface area contributed by atoms with E-state index in [1.54, 1.807) is 0 Å². The van der Waals surface area contributed by atoms with Crippen molar-refractivity contribution in [2.75, 3.05) is 13.2 Å². The van der Waals surface area contributed by atoms with Crippen molar-refractivity contribution in [1.29, 1.82) is 0 Å². The zero-order valence-corrected chi connectivity index (χ0v) is 48.8. The smallest absolute Gasteiger partial charge is 0.306 e. The first-order valence-corrected chi connectivity index (χ1v) is 31.6. The van der Waals surface area contributed by atoms with Crippen molar-refractivity contribution >= 4 is 17.9 Å². The second-order valence-corrected chi connectivity index (χ2v) is 20.9. The van der Waals surface area contributed by atoms with Crippen molar-refractivity contribution < 1.29 is 28.6 Å². The molecule has 74 heavy (non-hydrogen) atoms. The Labute approximate surface area is 458 Å². The summed E-state index contributed by atoms with van der Waals surface area (Å²) < 4.78 is 16.9. The zero-order chi connectivity index (χ0) is 53.6. The highest BCUT2D eigenvalue weighted by molar-refractivity contribution is 5.71. The van der Waals surface area contributed by atoms with Crippen molar-refractivity contribution in [2.45, 2.75) is 316 Å². The first-order valence-electron chi connectivity index (χ1n) is 31.6. The Morgan fingerprint density at radius 3 is 0.838 bits per heavy atom. The van der Waals surface area contributed by atoms with Gasteiger partial charge in [-0.1, -0.05) is 260 Å². The average Bonchev–Trinajstić information content (AvgIpc) is 3.40. The molecule has 0 amide bonds. The quantitative estimate of drug-likeness (QED) is 0.0261. The van der Waals surface area contributed by atoms with E-state index < -0.39 is 6.10 Å². The molecule has 0 aromatic carbocycles. The molecule has 0 rings (SSSR count). The minimum absolute atomic E-state index is 0.0866. The molecular weight excluding hydrogens is 913 g/mol. The first kappa shape index (κ1) is 70.6. The van der Waals surface area contributed by atoms with Gasteiger partial charge in [0.15, 0.2) is 6.10 Å². The van der Waals surface area contributed by atoms with Crippen LogP contribution >= 0.6 is 0 Å². The minimum atomic E-state index is -0.791. The Morgan fingerprint density at radius 1 is 0.284 bits per heavy atom. The van der Waals surface area contributed by atoms with Crippen molar-refractivity contribution in [3.63, 3.8) is 0 Å². The highest BCUT2D eigenvalue weighted by Gasteiger charge is 2.19. The number of unbranched alkanes of at least 4 members (excludes halogenated alkanes) is 32. The van der Waals surface area contributed by atoms with E-state index in [0.29, 0.717) is 19.3 Å². The molecule has 0 heterocycles. The lowest BCUT2D eigenvalue weighted by atomic mass is 10.1. The first-order chi connectivity index (χ1) is 36.5. The SMILES string of the molecule is CC/C=C\C/C=C\C/C=C\C/C=C\CCCCCCCCC(=O)OC(COC(=O)CCCCCCC/C=C\CCCCCCCCC)COC(=O)CCCCCCCCCCC/C=C\C/C=C\CCCCCCC. The number of carbonyl (C=O) groups excluding carboxylic acids is 3. The largest absolute Gasteiger partial charge is 0.462 e. The Bertz CT molecular complexity index is 1420. The molecule has 0 saturated heterocycles. The van der Waals surface area contributed by atoms with E-state index in [9.17, 15) is 14.4 Å². The zero-order valence-electron chi connectivity index (χ0n) is 48.8. The van der Waals surface area contributed by atoms with Gasteiger partial charge in [-0.15, -0.1) is 0 Å². The summed E-state index contributed by atoms with van der Waals surface area (Å²) in [6.07, 6.45) is 81.5. The van der Waals surface area contributed by atoms with Crippen LogP contribution in [-0.4, -0.2) is 37.2 Å². The summed E-state index contributed by atoms with van der Waals surface area (Å²) in [6, 6.07) is 0. The molecule has 0 radical (unpaired) electrons. The molecule has 0 spiro atoms. The van der Waals surface area contributed by atoms with E-state index in [0.717, 1.165) is 109 Å². The molecule has 1 unspecified atom stereocenters. The van der Waals surface area contributed by atoms with Crippen LogP contribution < -0.4 is 0 Å². The standard InChI is InChI=1S/C68H118O6/c1-4-7-10-13-16-19-22-25-28-31-33-34-36-37-40-43-46-49-52-55-58-61-67(70)73-64-65(63-72-66(69)60-57-54-51-48-45-42-39-30-27-24-21-18-15-12-9-6-3)74-68(71)62-59-56-53-50-47-44-41-38-35-32-29-26-23-20-17-14-11-8-5-2/h8,11,17,20,22,25-26,29-31,33,35,38-39,65H,4-7,9-10,12-16,18-19,21,23-24,27-28,32,34,36-37,40-64H2,1-3H3/b11-8-,20-17-,25-22-,29-26-,33-31-,38-35-,39-30-. The lowest BCUT2D eigenvalue weighted by Gasteiger charge is -2.18. The van der Waals surface area contributed by atoms with Crippen molar-refractivity contribution in [3.8, 4) is 0 Å². The molecule has 0 N–H and O–H groups in total. The van der Waals surface area contributed by atoms with Crippen molar-refractivity contribution in [2.24, 2.45) is 0 Å². The molecule has 0 aliphatic carbocycles. The molecule has 0 aliphatic rings. The fourth-order valence-electron chi connectivity index (χ4n) is 8.87. The van der Waals surface area contributed by atoms with Gasteiger partial charge in [-0.2, -0.15) is 0 Å². The van der Waals surface area contributed by atoms with E-state index in [-0.39, 0.29) is 31.1 Å². The summed E-state index contributed by atoms with van der Waals surface area (Å²) in [5, 5.41) is 0. The maximum absolute atomic E-state index is 12.9. The molecule has 426 valence electrons. The molecule has 0 aromatic rings. The van der Waals surface area contributed by atoms with Gasteiger partial charge in [0.2, 0.25) is 0 Å². The summed E-state index contributed by atoms with van der Waals surface area (Å²) >= 11 is 0. The Morgan fingerprint density at radius 2 is 0.527 bits per heavy atom. The lowest BCUT2D eigenvalue weighted by molar-refractivity contribution is -0.167. The van der Waals surface area contributed by atoms with Gasteiger partial charge >= 0.3 is 17.9 Å². The molecule has 6 heteroatoms. The van der Waals surface area contributed by atoms with E-state index >= 15 is 0 Å². The van der Waals surface area contributed by atoms with Gasteiger partial charge in [-0.3, -0.25) is 14.4 Å². The fraction of sp³-hybridized carbons (Fsp3) is 0.750. The average molecular weight is 1030 g/mol. The Kier molecular flexibility index (Phi) is 59.3. The molecule has 0 fully saturated rings. The normalized spacial score (nSPS) is 12.6. The Balaban J connectivity index is 4.41. The third-order valence-corrected chi connectivity index (χ3v) is 13.6. The topological polar surface area (TPSA) is 78.9 Å². The van der Waals surface area contributed by atoms with Crippen LogP contribution in [0.1, 0.15) is 310 Å². The van der Waals surface area contributed by atoms with Crippen LogP contribution in [0.25, 0.3) is 0 Å².